The van der Waals surface area contributed by atoms with Gasteiger partial charge < -0.3 is 10.2 Å². The number of benzene rings is 2. The standard InChI is InChI=1S/C24H24ClFN2O2S/c1-28-20-12-17(23(29)27-14-15-6-9-18(25)10-7-15)8-11-21(20)31-22(24(28)30)13-16-4-2-3-5-19(16)26/h2-7,9-10,13,17,20-21H,8,11-12,14H2,1H3,(H,27,29)/b22-13-. The number of amides is 2. The van der Waals surface area contributed by atoms with Crippen molar-refractivity contribution in [1.82, 2.24) is 10.2 Å². The van der Waals surface area contributed by atoms with Gasteiger partial charge in [0, 0.05) is 41.4 Å². The number of likely N-dealkylation sites (N-methyl/N-ethyl adjacent to an activating group) is 1. The van der Waals surface area contributed by atoms with Crippen molar-refractivity contribution in [3.63, 3.8) is 0 Å². The van der Waals surface area contributed by atoms with E-state index in [0.717, 1.165) is 18.4 Å². The van der Waals surface area contributed by atoms with Crippen LogP contribution in [0.15, 0.2) is 53.4 Å². The molecule has 2 aromatic carbocycles. The molecule has 4 nitrogen and oxygen atoms in total. The summed E-state index contributed by atoms with van der Waals surface area (Å²) in [5.41, 5.74) is 1.41. The maximum absolute atomic E-state index is 14.0. The average Bonchev–Trinajstić information content (AvgIpc) is 2.78. The minimum atomic E-state index is -0.339. The number of hydrogen-bond donors (Lipinski definition) is 1. The Labute approximate surface area is 190 Å². The molecule has 2 fully saturated rings. The first-order chi connectivity index (χ1) is 14.9. The van der Waals surface area contributed by atoms with Crippen molar-refractivity contribution in [3.05, 3.63) is 75.4 Å². The zero-order valence-corrected chi connectivity index (χ0v) is 18.8. The summed E-state index contributed by atoms with van der Waals surface area (Å²) in [4.78, 5) is 27.9. The van der Waals surface area contributed by atoms with E-state index in [2.05, 4.69) is 5.32 Å². The summed E-state index contributed by atoms with van der Waals surface area (Å²) < 4.78 is 14.0. The van der Waals surface area contributed by atoms with E-state index in [1.54, 1.807) is 48.4 Å². The number of nitrogens with one attached hydrogen (secondary N) is 1. The highest BCUT2D eigenvalue weighted by molar-refractivity contribution is 8.04. The maximum Gasteiger partial charge on any atom is 0.260 e. The predicted molar refractivity (Wildman–Crippen MR) is 123 cm³/mol. The van der Waals surface area contributed by atoms with Gasteiger partial charge in [-0.1, -0.05) is 41.9 Å². The van der Waals surface area contributed by atoms with Crippen LogP contribution in [0.1, 0.15) is 30.4 Å². The lowest BCUT2D eigenvalue weighted by atomic mass is 9.83. The van der Waals surface area contributed by atoms with Crippen LogP contribution in [-0.4, -0.2) is 35.1 Å². The molecule has 7 heteroatoms. The summed E-state index contributed by atoms with van der Waals surface area (Å²) >= 11 is 7.42. The molecule has 1 heterocycles. The first-order valence-corrected chi connectivity index (χ1v) is 11.6. The zero-order valence-electron chi connectivity index (χ0n) is 17.2. The van der Waals surface area contributed by atoms with Gasteiger partial charge in [-0.2, -0.15) is 0 Å². The Kier molecular flexibility index (Phi) is 6.68. The molecule has 1 saturated carbocycles. The van der Waals surface area contributed by atoms with Gasteiger partial charge in [0.1, 0.15) is 5.82 Å². The second-order valence-electron chi connectivity index (χ2n) is 8.02. The smallest absolute Gasteiger partial charge is 0.260 e. The number of hydrogen-bond acceptors (Lipinski definition) is 3. The van der Waals surface area contributed by atoms with E-state index in [1.165, 1.54) is 17.8 Å². The average molecular weight is 459 g/mol. The summed E-state index contributed by atoms with van der Waals surface area (Å²) in [7, 11) is 1.78. The fourth-order valence-corrected chi connectivity index (χ4v) is 5.80. The SMILES string of the molecule is CN1C(=O)/C(=C/c2ccccc2F)SC2CCC(C(=O)NCc3ccc(Cl)cc3)CC21. The molecular formula is C24H24ClFN2O2S. The zero-order chi connectivity index (χ0) is 22.0. The van der Waals surface area contributed by atoms with E-state index < -0.39 is 0 Å². The Morgan fingerprint density at radius 1 is 1.23 bits per heavy atom. The largest absolute Gasteiger partial charge is 0.352 e. The molecular weight excluding hydrogens is 435 g/mol. The molecule has 2 amide bonds. The molecule has 0 radical (unpaired) electrons. The second kappa shape index (κ2) is 9.45. The summed E-state index contributed by atoms with van der Waals surface area (Å²) in [6.45, 7) is 0.458. The highest BCUT2D eigenvalue weighted by Crippen LogP contribution is 2.43. The van der Waals surface area contributed by atoms with Gasteiger partial charge in [-0.15, -0.1) is 11.8 Å². The molecule has 2 aromatic rings. The Balaban J connectivity index is 1.40. The third-order valence-electron chi connectivity index (χ3n) is 6.00. The Morgan fingerprint density at radius 3 is 2.71 bits per heavy atom. The van der Waals surface area contributed by atoms with E-state index in [1.807, 2.05) is 12.1 Å². The molecule has 3 atom stereocenters. The highest BCUT2D eigenvalue weighted by Gasteiger charge is 2.42. The first-order valence-electron chi connectivity index (χ1n) is 10.3. The van der Waals surface area contributed by atoms with Crippen LogP contribution in [0.25, 0.3) is 6.08 Å². The van der Waals surface area contributed by atoms with Gasteiger partial charge in [-0.25, -0.2) is 4.39 Å². The fraction of sp³-hybridized carbons (Fsp3) is 0.333. The third-order valence-corrected chi connectivity index (χ3v) is 7.66. The number of rotatable bonds is 4. The van der Waals surface area contributed by atoms with E-state index in [4.69, 9.17) is 11.6 Å². The Bertz CT molecular complexity index is 1010. The quantitative estimate of drug-likeness (QED) is 0.664. The number of nitrogens with zero attached hydrogens (tertiary/aromatic N) is 1. The molecule has 3 unspecified atom stereocenters. The Hall–Kier alpha value is -2.31. The third kappa shape index (κ3) is 4.96. The van der Waals surface area contributed by atoms with Crippen LogP contribution >= 0.6 is 23.4 Å². The summed E-state index contributed by atoms with van der Waals surface area (Å²) in [6.07, 6.45) is 3.88. The highest BCUT2D eigenvalue weighted by atomic mass is 35.5. The minimum absolute atomic E-state index is 0.00435. The maximum atomic E-state index is 14.0. The second-order valence-corrected chi connectivity index (χ2v) is 9.74. The van der Waals surface area contributed by atoms with Gasteiger partial charge in [0.2, 0.25) is 5.91 Å². The van der Waals surface area contributed by atoms with Crippen molar-refractivity contribution in [2.75, 3.05) is 7.05 Å². The van der Waals surface area contributed by atoms with Crippen molar-refractivity contribution in [2.45, 2.75) is 37.1 Å². The molecule has 1 aliphatic heterocycles. The molecule has 1 aliphatic carbocycles. The van der Waals surface area contributed by atoms with Crippen LogP contribution in [-0.2, 0) is 16.1 Å². The number of thioether (sulfide) groups is 1. The Morgan fingerprint density at radius 2 is 1.97 bits per heavy atom. The number of fused-ring (bicyclic) bond motifs is 1. The van der Waals surface area contributed by atoms with Gasteiger partial charge >= 0.3 is 0 Å². The minimum Gasteiger partial charge on any atom is -0.352 e. The lowest BCUT2D eigenvalue weighted by molar-refractivity contribution is -0.132. The lowest BCUT2D eigenvalue weighted by Gasteiger charge is -2.44. The molecule has 2 aliphatic rings. The van der Waals surface area contributed by atoms with Crippen LogP contribution in [0.4, 0.5) is 4.39 Å². The van der Waals surface area contributed by atoms with Crippen LogP contribution < -0.4 is 5.32 Å². The van der Waals surface area contributed by atoms with E-state index in [9.17, 15) is 14.0 Å². The van der Waals surface area contributed by atoms with Gasteiger partial charge in [0.15, 0.2) is 0 Å². The number of carbonyl (C=O) groups is 2. The molecule has 1 saturated heterocycles. The molecule has 162 valence electrons. The van der Waals surface area contributed by atoms with Crippen molar-refractivity contribution in [1.29, 1.82) is 0 Å². The summed E-state index contributed by atoms with van der Waals surface area (Å²) in [6, 6.07) is 13.9. The van der Waals surface area contributed by atoms with Crippen molar-refractivity contribution >= 4 is 41.3 Å². The summed E-state index contributed by atoms with van der Waals surface area (Å²) in [5.74, 6) is -0.556. The summed E-state index contributed by atoms with van der Waals surface area (Å²) in [5, 5.41) is 3.89. The normalized spacial score (nSPS) is 24.7. The van der Waals surface area contributed by atoms with Gasteiger partial charge in [0.25, 0.3) is 5.91 Å². The molecule has 0 bridgehead atoms. The van der Waals surface area contributed by atoms with Crippen molar-refractivity contribution in [3.8, 4) is 0 Å². The van der Waals surface area contributed by atoms with Crippen LogP contribution in [0, 0.1) is 11.7 Å². The molecule has 31 heavy (non-hydrogen) atoms. The van der Waals surface area contributed by atoms with Gasteiger partial charge in [-0.3, -0.25) is 9.59 Å². The van der Waals surface area contributed by atoms with Crippen LogP contribution in [0.2, 0.25) is 5.02 Å². The first kappa shape index (κ1) is 21.9. The topological polar surface area (TPSA) is 49.4 Å². The fourth-order valence-electron chi connectivity index (χ4n) is 4.20. The van der Waals surface area contributed by atoms with Gasteiger partial charge in [0.05, 0.1) is 4.91 Å². The molecule has 0 spiro atoms. The van der Waals surface area contributed by atoms with E-state index in [-0.39, 0.29) is 34.8 Å². The van der Waals surface area contributed by atoms with Gasteiger partial charge in [-0.05, 0) is 49.1 Å². The van der Waals surface area contributed by atoms with Crippen molar-refractivity contribution < 1.29 is 14.0 Å². The molecule has 0 aromatic heterocycles. The molecule has 1 N–H and O–H groups in total. The number of carbonyl (C=O) groups excluding carboxylic acids is 2. The van der Waals surface area contributed by atoms with Crippen LogP contribution in [0.5, 0.6) is 0 Å². The lowest BCUT2D eigenvalue weighted by Crippen LogP contribution is -2.52. The molecule has 4 rings (SSSR count). The predicted octanol–water partition coefficient (Wildman–Crippen LogP) is 4.88. The van der Waals surface area contributed by atoms with E-state index >= 15 is 0 Å². The van der Waals surface area contributed by atoms with Crippen molar-refractivity contribution in [2.24, 2.45) is 5.92 Å². The number of halogens is 2. The van der Waals surface area contributed by atoms with Crippen LogP contribution in [0.3, 0.4) is 0 Å². The monoisotopic (exact) mass is 458 g/mol. The van der Waals surface area contributed by atoms with E-state index in [0.29, 0.717) is 28.5 Å².